The maximum absolute atomic E-state index is 13.2. The molecule has 0 aliphatic carbocycles. The first-order valence-corrected chi connectivity index (χ1v) is 7.08. The van der Waals surface area contributed by atoms with Crippen LogP contribution in [0.5, 0.6) is 0 Å². The Labute approximate surface area is 115 Å². The van der Waals surface area contributed by atoms with Gasteiger partial charge in [0.15, 0.2) is 0 Å². The lowest BCUT2D eigenvalue weighted by atomic mass is 9.99. The SMILES string of the molecule is NC(Cc1csc2ccccc12)c1cccc(F)c1. The summed E-state index contributed by atoms with van der Waals surface area (Å²) in [6.07, 6.45) is 0.730. The number of halogens is 1. The van der Waals surface area contributed by atoms with Crippen LogP contribution in [0.4, 0.5) is 4.39 Å². The van der Waals surface area contributed by atoms with Gasteiger partial charge in [-0.2, -0.15) is 0 Å². The molecule has 1 atom stereocenters. The number of thiophene rings is 1. The molecule has 0 bridgehead atoms. The fraction of sp³-hybridized carbons (Fsp3) is 0.125. The second-order valence-corrected chi connectivity index (χ2v) is 5.53. The van der Waals surface area contributed by atoms with Crippen LogP contribution >= 0.6 is 11.3 Å². The van der Waals surface area contributed by atoms with Gasteiger partial charge in [-0.1, -0.05) is 30.3 Å². The molecule has 0 aliphatic rings. The van der Waals surface area contributed by atoms with E-state index < -0.39 is 0 Å². The highest BCUT2D eigenvalue weighted by atomic mass is 32.1. The second kappa shape index (κ2) is 5.11. The standard InChI is InChI=1S/C16H14FNS/c17-13-5-3-4-11(8-13)15(18)9-12-10-19-16-7-2-1-6-14(12)16/h1-8,10,15H,9,18H2. The van der Waals surface area contributed by atoms with Crippen LogP contribution in [0.15, 0.2) is 53.9 Å². The molecule has 2 aromatic carbocycles. The minimum absolute atomic E-state index is 0.172. The van der Waals surface area contributed by atoms with Gasteiger partial charge in [0.25, 0.3) is 0 Å². The molecule has 2 N–H and O–H groups in total. The first kappa shape index (κ1) is 12.3. The smallest absolute Gasteiger partial charge is 0.123 e. The molecule has 3 aromatic rings. The van der Waals surface area contributed by atoms with Crippen molar-refractivity contribution in [3.63, 3.8) is 0 Å². The summed E-state index contributed by atoms with van der Waals surface area (Å²) < 4.78 is 14.5. The van der Waals surface area contributed by atoms with E-state index in [1.165, 1.54) is 27.8 Å². The molecule has 0 spiro atoms. The molecule has 0 aliphatic heterocycles. The molecule has 96 valence electrons. The van der Waals surface area contributed by atoms with E-state index >= 15 is 0 Å². The molecule has 0 radical (unpaired) electrons. The second-order valence-electron chi connectivity index (χ2n) is 4.62. The van der Waals surface area contributed by atoms with Crippen molar-refractivity contribution in [1.82, 2.24) is 0 Å². The number of benzene rings is 2. The van der Waals surface area contributed by atoms with Crippen molar-refractivity contribution in [1.29, 1.82) is 0 Å². The first-order valence-electron chi connectivity index (χ1n) is 6.20. The van der Waals surface area contributed by atoms with E-state index in [1.807, 2.05) is 18.2 Å². The lowest BCUT2D eigenvalue weighted by molar-refractivity contribution is 0.619. The lowest BCUT2D eigenvalue weighted by Crippen LogP contribution is -2.13. The predicted molar refractivity (Wildman–Crippen MR) is 78.9 cm³/mol. The Morgan fingerprint density at radius 3 is 2.79 bits per heavy atom. The van der Waals surface area contributed by atoms with Crippen LogP contribution in [0.1, 0.15) is 17.2 Å². The van der Waals surface area contributed by atoms with Crippen molar-refractivity contribution in [3.05, 3.63) is 70.9 Å². The van der Waals surface area contributed by atoms with Gasteiger partial charge in [0, 0.05) is 10.7 Å². The summed E-state index contributed by atoms with van der Waals surface area (Å²) >= 11 is 1.72. The van der Waals surface area contributed by atoms with Gasteiger partial charge in [-0.3, -0.25) is 0 Å². The number of rotatable bonds is 3. The number of hydrogen-bond acceptors (Lipinski definition) is 2. The number of hydrogen-bond donors (Lipinski definition) is 1. The first-order chi connectivity index (χ1) is 9.24. The van der Waals surface area contributed by atoms with E-state index in [0.29, 0.717) is 0 Å². The zero-order chi connectivity index (χ0) is 13.2. The van der Waals surface area contributed by atoms with Crippen LogP contribution in [0.25, 0.3) is 10.1 Å². The van der Waals surface area contributed by atoms with Crippen LogP contribution in [0.2, 0.25) is 0 Å². The zero-order valence-corrected chi connectivity index (χ0v) is 11.2. The topological polar surface area (TPSA) is 26.0 Å². The monoisotopic (exact) mass is 271 g/mol. The van der Waals surface area contributed by atoms with Gasteiger partial charge in [0.2, 0.25) is 0 Å². The molecule has 0 saturated carbocycles. The highest BCUT2D eigenvalue weighted by Gasteiger charge is 2.11. The molecular weight excluding hydrogens is 257 g/mol. The van der Waals surface area contributed by atoms with Crippen molar-refractivity contribution < 1.29 is 4.39 Å². The minimum Gasteiger partial charge on any atom is -0.324 e. The molecule has 0 fully saturated rings. The molecule has 1 unspecified atom stereocenters. The third-order valence-corrected chi connectivity index (χ3v) is 4.29. The summed E-state index contributed by atoms with van der Waals surface area (Å²) in [4.78, 5) is 0. The lowest BCUT2D eigenvalue weighted by Gasteiger charge is -2.11. The third kappa shape index (κ3) is 2.53. The Bertz CT molecular complexity index is 705. The fourth-order valence-corrected chi connectivity index (χ4v) is 3.26. The van der Waals surface area contributed by atoms with Crippen LogP contribution in [-0.4, -0.2) is 0 Å². The van der Waals surface area contributed by atoms with Gasteiger partial charge in [-0.05, 0) is 46.5 Å². The normalized spacial score (nSPS) is 12.7. The molecular formula is C16H14FNS. The maximum Gasteiger partial charge on any atom is 0.123 e. The Morgan fingerprint density at radius 2 is 1.95 bits per heavy atom. The third-order valence-electron chi connectivity index (χ3n) is 3.28. The summed E-state index contributed by atoms with van der Waals surface area (Å²) in [5.74, 6) is -0.233. The van der Waals surface area contributed by atoms with Gasteiger partial charge >= 0.3 is 0 Å². The summed E-state index contributed by atoms with van der Waals surface area (Å²) in [5.41, 5.74) is 8.26. The summed E-state index contributed by atoms with van der Waals surface area (Å²) in [5, 5.41) is 3.39. The van der Waals surface area contributed by atoms with Crippen LogP contribution in [-0.2, 0) is 6.42 Å². The Balaban J connectivity index is 1.89. The number of fused-ring (bicyclic) bond motifs is 1. The largest absolute Gasteiger partial charge is 0.324 e. The predicted octanol–water partition coefficient (Wildman–Crippen LogP) is 4.28. The molecule has 0 amide bonds. The molecule has 3 heteroatoms. The summed E-state index contributed by atoms with van der Waals surface area (Å²) in [7, 11) is 0. The minimum atomic E-state index is -0.233. The molecule has 1 aromatic heterocycles. The quantitative estimate of drug-likeness (QED) is 0.756. The van der Waals surface area contributed by atoms with Crippen molar-refractivity contribution in [2.75, 3.05) is 0 Å². The van der Waals surface area contributed by atoms with Gasteiger partial charge in [0.05, 0.1) is 0 Å². The summed E-state index contributed by atoms with van der Waals surface area (Å²) in [6, 6.07) is 14.7. The van der Waals surface area contributed by atoms with Crippen LogP contribution < -0.4 is 5.73 Å². The average molecular weight is 271 g/mol. The highest BCUT2D eigenvalue weighted by molar-refractivity contribution is 7.17. The zero-order valence-electron chi connectivity index (χ0n) is 10.3. The van der Waals surface area contributed by atoms with E-state index in [2.05, 4.69) is 17.5 Å². The van der Waals surface area contributed by atoms with E-state index in [9.17, 15) is 4.39 Å². The maximum atomic E-state index is 13.2. The molecule has 0 saturated heterocycles. The van der Waals surface area contributed by atoms with Crippen molar-refractivity contribution in [3.8, 4) is 0 Å². The fourth-order valence-electron chi connectivity index (χ4n) is 2.28. The van der Waals surface area contributed by atoms with Gasteiger partial charge in [-0.15, -0.1) is 11.3 Å². The van der Waals surface area contributed by atoms with E-state index in [-0.39, 0.29) is 11.9 Å². The Hall–Kier alpha value is -1.71. The van der Waals surface area contributed by atoms with Crippen LogP contribution in [0.3, 0.4) is 0 Å². The van der Waals surface area contributed by atoms with E-state index in [4.69, 9.17) is 5.73 Å². The molecule has 19 heavy (non-hydrogen) atoms. The molecule has 1 nitrogen and oxygen atoms in total. The van der Waals surface area contributed by atoms with Crippen molar-refractivity contribution in [2.24, 2.45) is 5.73 Å². The molecule has 3 rings (SSSR count). The van der Waals surface area contributed by atoms with Crippen molar-refractivity contribution >= 4 is 21.4 Å². The highest BCUT2D eigenvalue weighted by Crippen LogP contribution is 2.28. The van der Waals surface area contributed by atoms with Gasteiger partial charge in [-0.25, -0.2) is 4.39 Å². The Morgan fingerprint density at radius 1 is 1.11 bits per heavy atom. The summed E-state index contributed by atoms with van der Waals surface area (Å²) in [6.45, 7) is 0. The van der Waals surface area contributed by atoms with E-state index in [0.717, 1.165) is 12.0 Å². The van der Waals surface area contributed by atoms with Gasteiger partial charge < -0.3 is 5.73 Å². The number of nitrogens with two attached hydrogens (primary N) is 1. The van der Waals surface area contributed by atoms with E-state index in [1.54, 1.807) is 17.4 Å². The molecule has 1 heterocycles. The van der Waals surface area contributed by atoms with Crippen LogP contribution in [0, 0.1) is 5.82 Å². The average Bonchev–Trinajstić information content (AvgIpc) is 2.82. The van der Waals surface area contributed by atoms with Gasteiger partial charge in [0.1, 0.15) is 5.82 Å². The Kier molecular flexibility index (Phi) is 3.32. The van der Waals surface area contributed by atoms with Crippen molar-refractivity contribution in [2.45, 2.75) is 12.5 Å².